The quantitative estimate of drug-likeness (QED) is 0.808. The van der Waals surface area contributed by atoms with Gasteiger partial charge in [-0.3, -0.25) is 4.79 Å². The Morgan fingerprint density at radius 1 is 1.33 bits per heavy atom. The average Bonchev–Trinajstić information content (AvgIpc) is 3.07. The monoisotopic (exact) mass is 298 g/mol. The highest BCUT2D eigenvalue weighted by Gasteiger charge is 2.11. The zero-order valence-electron chi connectivity index (χ0n) is 11.7. The first-order chi connectivity index (χ1) is 10.1. The summed E-state index contributed by atoms with van der Waals surface area (Å²) in [4.78, 5) is 13.0. The van der Waals surface area contributed by atoms with Gasteiger partial charge in [0, 0.05) is 18.3 Å². The number of carbonyl (C=O) groups excluding carboxylic acids is 1. The van der Waals surface area contributed by atoms with E-state index in [4.69, 9.17) is 0 Å². The van der Waals surface area contributed by atoms with E-state index < -0.39 is 0 Å². The Kier molecular flexibility index (Phi) is 3.53. The van der Waals surface area contributed by atoms with Crippen LogP contribution in [0.15, 0.2) is 42.0 Å². The molecule has 0 radical (unpaired) electrons. The van der Waals surface area contributed by atoms with Crippen LogP contribution in [0.3, 0.4) is 0 Å². The predicted molar refractivity (Wildman–Crippen MR) is 83.4 cm³/mol. The maximum absolute atomic E-state index is 12.2. The van der Waals surface area contributed by atoms with Gasteiger partial charge < -0.3 is 9.88 Å². The van der Waals surface area contributed by atoms with Gasteiger partial charge in [0.15, 0.2) is 5.82 Å². The van der Waals surface area contributed by atoms with Crippen LogP contribution in [-0.2, 0) is 7.05 Å². The summed E-state index contributed by atoms with van der Waals surface area (Å²) in [5, 5.41) is 12.8. The molecule has 1 aromatic carbocycles. The number of hydrogen-bond acceptors (Lipinski definition) is 4. The maximum Gasteiger partial charge on any atom is 0.265 e. The highest BCUT2D eigenvalue weighted by molar-refractivity contribution is 7.12. The molecule has 0 aliphatic carbocycles. The van der Waals surface area contributed by atoms with Crippen LogP contribution in [0, 0.1) is 6.92 Å². The van der Waals surface area contributed by atoms with Crippen LogP contribution >= 0.6 is 11.3 Å². The number of anilines is 1. The number of thiophene rings is 1. The second kappa shape index (κ2) is 5.49. The SMILES string of the molecule is Cc1ccsc1C(=O)Nc1cccc(-c2nncn2C)c1. The fourth-order valence-electron chi connectivity index (χ4n) is 2.07. The fraction of sp³-hybridized carbons (Fsp3) is 0.133. The molecular weight excluding hydrogens is 284 g/mol. The molecule has 0 bridgehead atoms. The van der Waals surface area contributed by atoms with Crippen molar-refractivity contribution in [3.05, 3.63) is 52.5 Å². The van der Waals surface area contributed by atoms with Crippen LogP contribution in [-0.4, -0.2) is 20.7 Å². The van der Waals surface area contributed by atoms with Gasteiger partial charge in [-0.1, -0.05) is 12.1 Å². The van der Waals surface area contributed by atoms with E-state index in [1.54, 1.807) is 6.33 Å². The molecule has 0 aliphatic heterocycles. The van der Waals surface area contributed by atoms with Gasteiger partial charge in [-0.25, -0.2) is 0 Å². The van der Waals surface area contributed by atoms with Gasteiger partial charge in [0.25, 0.3) is 5.91 Å². The average molecular weight is 298 g/mol. The first-order valence-electron chi connectivity index (χ1n) is 6.45. The second-order valence-corrected chi connectivity index (χ2v) is 5.65. The minimum Gasteiger partial charge on any atom is -0.321 e. The first kappa shape index (κ1) is 13.5. The number of hydrogen-bond donors (Lipinski definition) is 1. The van der Waals surface area contributed by atoms with Gasteiger partial charge in [-0.2, -0.15) is 0 Å². The lowest BCUT2D eigenvalue weighted by atomic mass is 10.2. The minimum atomic E-state index is -0.0855. The molecule has 106 valence electrons. The molecule has 6 heteroatoms. The summed E-state index contributed by atoms with van der Waals surface area (Å²) in [6, 6.07) is 9.53. The standard InChI is InChI=1S/C15H14N4OS/c1-10-6-7-21-13(10)15(20)17-12-5-3-4-11(8-12)14-18-16-9-19(14)2/h3-9H,1-2H3,(H,17,20). The van der Waals surface area contributed by atoms with Crippen molar-refractivity contribution in [2.45, 2.75) is 6.92 Å². The summed E-state index contributed by atoms with van der Waals surface area (Å²) in [6.07, 6.45) is 1.65. The van der Waals surface area contributed by atoms with Crippen LogP contribution in [0.4, 0.5) is 5.69 Å². The summed E-state index contributed by atoms with van der Waals surface area (Å²) in [6.45, 7) is 1.93. The molecule has 3 aromatic rings. The van der Waals surface area contributed by atoms with Gasteiger partial charge in [0.05, 0.1) is 4.88 Å². The lowest BCUT2D eigenvalue weighted by Crippen LogP contribution is -2.11. The Balaban J connectivity index is 1.86. The minimum absolute atomic E-state index is 0.0855. The molecule has 1 amide bonds. The van der Waals surface area contributed by atoms with Crippen LogP contribution in [0.25, 0.3) is 11.4 Å². The van der Waals surface area contributed by atoms with Crippen molar-refractivity contribution in [2.75, 3.05) is 5.32 Å². The first-order valence-corrected chi connectivity index (χ1v) is 7.33. The lowest BCUT2D eigenvalue weighted by molar-refractivity contribution is 0.103. The number of carbonyl (C=O) groups is 1. The number of nitrogens with one attached hydrogen (secondary N) is 1. The van der Waals surface area contributed by atoms with Gasteiger partial charge in [0.1, 0.15) is 6.33 Å². The highest BCUT2D eigenvalue weighted by atomic mass is 32.1. The number of aromatic nitrogens is 3. The second-order valence-electron chi connectivity index (χ2n) is 4.73. The zero-order valence-corrected chi connectivity index (χ0v) is 12.5. The highest BCUT2D eigenvalue weighted by Crippen LogP contribution is 2.22. The Morgan fingerprint density at radius 3 is 2.86 bits per heavy atom. The largest absolute Gasteiger partial charge is 0.321 e. The Labute approximate surface area is 126 Å². The molecule has 0 aliphatic rings. The number of nitrogens with zero attached hydrogens (tertiary/aromatic N) is 3. The van der Waals surface area contributed by atoms with E-state index in [2.05, 4.69) is 15.5 Å². The molecule has 0 saturated heterocycles. The van der Waals surface area contributed by atoms with Crippen LogP contribution in [0.1, 0.15) is 15.2 Å². The predicted octanol–water partition coefficient (Wildman–Crippen LogP) is 3.10. The van der Waals surface area contributed by atoms with Gasteiger partial charge in [-0.05, 0) is 36.1 Å². The van der Waals surface area contributed by atoms with E-state index in [0.717, 1.165) is 27.5 Å². The Morgan fingerprint density at radius 2 is 2.19 bits per heavy atom. The molecule has 0 spiro atoms. The molecular formula is C15H14N4OS. The van der Waals surface area contributed by atoms with Crippen LogP contribution in [0.5, 0.6) is 0 Å². The van der Waals surface area contributed by atoms with Gasteiger partial charge >= 0.3 is 0 Å². The van der Waals surface area contributed by atoms with Crippen LogP contribution in [0.2, 0.25) is 0 Å². The van der Waals surface area contributed by atoms with E-state index in [1.165, 1.54) is 11.3 Å². The summed E-state index contributed by atoms with van der Waals surface area (Å²) in [7, 11) is 1.88. The molecule has 0 saturated carbocycles. The van der Waals surface area contributed by atoms with E-state index in [-0.39, 0.29) is 5.91 Å². The van der Waals surface area contributed by atoms with Gasteiger partial charge in [-0.15, -0.1) is 21.5 Å². The fourth-order valence-corrected chi connectivity index (χ4v) is 2.89. The molecule has 0 unspecified atom stereocenters. The van der Waals surface area contributed by atoms with E-state index in [9.17, 15) is 4.79 Å². The number of aryl methyl sites for hydroxylation is 2. The van der Waals surface area contributed by atoms with Crippen molar-refractivity contribution in [2.24, 2.45) is 7.05 Å². The molecule has 1 N–H and O–H groups in total. The third-order valence-electron chi connectivity index (χ3n) is 3.16. The third kappa shape index (κ3) is 2.71. The Bertz CT molecular complexity index is 790. The van der Waals surface area contributed by atoms with E-state index in [0.29, 0.717) is 0 Å². The summed E-state index contributed by atoms with van der Waals surface area (Å²) >= 11 is 1.44. The van der Waals surface area contributed by atoms with Crippen molar-refractivity contribution in [3.8, 4) is 11.4 Å². The molecule has 21 heavy (non-hydrogen) atoms. The summed E-state index contributed by atoms with van der Waals surface area (Å²) in [5.74, 6) is 0.677. The molecule has 2 heterocycles. The van der Waals surface area contributed by atoms with Crippen LogP contribution < -0.4 is 5.32 Å². The summed E-state index contributed by atoms with van der Waals surface area (Å²) < 4.78 is 1.84. The maximum atomic E-state index is 12.2. The summed E-state index contributed by atoms with van der Waals surface area (Å²) in [5.41, 5.74) is 2.64. The van der Waals surface area contributed by atoms with E-state index in [1.807, 2.05) is 54.3 Å². The smallest absolute Gasteiger partial charge is 0.265 e. The van der Waals surface area contributed by atoms with Crippen molar-refractivity contribution in [1.29, 1.82) is 0 Å². The number of rotatable bonds is 3. The topological polar surface area (TPSA) is 59.8 Å². The van der Waals surface area contributed by atoms with Crippen molar-refractivity contribution in [3.63, 3.8) is 0 Å². The molecule has 3 rings (SSSR count). The Hall–Kier alpha value is -2.47. The van der Waals surface area contributed by atoms with Crippen molar-refractivity contribution in [1.82, 2.24) is 14.8 Å². The number of benzene rings is 1. The molecule has 5 nitrogen and oxygen atoms in total. The molecule has 2 aromatic heterocycles. The third-order valence-corrected chi connectivity index (χ3v) is 4.17. The van der Waals surface area contributed by atoms with E-state index >= 15 is 0 Å². The normalized spacial score (nSPS) is 10.6. The molecule has 0 fully saturated rings. The lowest BCUT2D eigenvalue weighted by Gasteiger charge is -2.07. The van der Waals surface area contributed by atoms with Crippen molar-refractivity contribution < 1.29 is 4.79 Å². The number of amides is 1. The molecule has 0 atom stereocenters. The van der Waals surface area contributed by atoms with Gasteiger partial charge in [0.2, 0.25) is 0 Å². The zero-order chi connectivity index (χ0) is 14.8. The van der Waals surface area contributed by atoms with Crippen molar-refractivity contribution >= 4 is 22.9 Å².